The van der Waals surface area contributed by atoms with E-state index in [2.05, 4.69) is 17.4 Å². The van der Waals surface area contributed by atoms with Crippen LogP contribution in [0.2, 0.25) is 0 Å². The number of methoxy groups -OCH3 is 1. The largest absolute Gasteiger partial charge is 0.497 e. The molecule has 2 aromatic rings. The molecule has 7 heteroatoms. The van der Waals surface area contributed by atoms with Crippen LogP contribution in [0.4, 0.5) is 0 Å². The van der Waals surface area contributed by atoms with Crippen LogP contribution in [0.15, 0.2) is 48.5 Å². The van der Waals surface area contributed by atoms with Crippen molar-refractivity contribution in [1.82, 2.24) is 10.2 Å². The Morgan fingerprint density at radius 3 is 2.47 bits per heavy atom. The molecule has 38 heavy (non-hydrogen) atoms. The van der Waals surface area contributed by atoms with Gasteiger partial charge in [0.2, 0.25) is 17.7 Å². The fourth-order valence-electron chi connectivity index (χ4n) is 5.55. The highest BCUT2D eigenvalue weighted by Crippen LogP contribution is 2.38. The minimum atomic E-state index is -0.577. The van der Waals surface area contributed by atoms with E-state index in [9.17, 15) is 14.4 Å². The number of likely N-dealkylation sites (tertiary alicyclic amines) is 1. The first-order valence-corrected chi connectivity index (χ1v) is 14.0. The van der Waals surface area contributed by atoms with E-state index in [0.717, 1.165) is 54.5 Å². The van der Waals surface area contributed by atoms with Gasteiger partial charge in [-0.05, 0) is 72.9 Å². The molecule has 1 saturated heterocycles. The minimum absolute atomic E-state index is 0.0537. The zero-order valence-corrected chi connectivity index (χ0v) is 22.7. The maximum absolute atomic E-state index is 13.6. The van der Waals surface area contributed by atoms with Crippen molar-refractivity contribution in [3.63, 3.8) is 0 Å². The van der Waals surface area contributed by atoms with E-state index in [-0.39, 0.29) is 11.8 Å². The van der Waals surface area contributed by atoms with Gasteiger partial charge in [-0.2, -0.15) is 0 Å². The number of primary amides is 1. The summed E-state index contributed by atoms with van der Waals surface area (Å²) in [6.45, 7) is 3.14. The first kappa shape index (κ1) is 27.7. The van der Waals surface area contributed by atoms with Gasteiger partial charge in [0.05, 0.1) is 7.11 Å². The van der Waals surface area contributed by atoms with Crippen LogP contribution in [0.1, 0.15) is 63.9 Å². The van der Waals surface area contributed by atoms with Gasteiger partial charge in [0.25, 0.3) is 0 Å². The minimum Gasteiger partial charge on any atom is -0.497 e. The van der Waals surface area contributed by atoms with Crippen molar-refractivity contribution in [2.24, 2.45) is 23.5 Å². The molecule has 1 aliphatic heterocycles. The molecule has 3 N–H and O–H groups in total. The van der Waals surface area contributed by atoms with Crippen molar-refractivity contribution in [3.8, 4) is 16.9 Å². The van der Waals surface area contributed by atoms with Crippen LogP contribution in [0.3, 0.4) is 0 Å². The molecule has 3 atom stereocenters. The maximum atomic E-state index is 13.6. The van der Waals surface area contributed by atoms with Crippen molar-refractivity contribution in [3.05, 3.63) is 54.1 Å². The third-order valence-electron chi connectivity index (χ3n) is 7.89. The molecule has 2 aliphatic rings. The Kier molecular flexibility index (Phi) is 9.43. The van der Waals surface area contributed by atoms with Gasteiger partial charge < -0.3 is 20.7 Å². The number of ether oxygens (including phenoxy) is 1. The number of benzene rings is 2. The van der Waals surface area contributed by atoms with Crippen LogP contribution >= 0.6 is 0 Å². The average molecular weight is 520 g/mol. The average Bonchev–Trinajstić information content (AvgIpc) is 3.76. The topological polar surface area (TPSA) is 102 Å². The SMILES string of the molecule is CCCC(C(N)=O)C(CC1CC1)C(=O)N[C@H]1CCCCN(Cc2cccc(-c3ccc(OC)cc3)c2)C1=O. The van der Waals surface area contributed by atoms with Crippen LogP contribution < -0.4 is 15.8 Å². The Balaban J connectivity index is 1.46. The van der Waals surface area contributed by atoms with Crippen molar-refractivity contribution in [1.29, 1.82) is 0 Å². The van der Waals surface area contributed by atoms with Crippen molar-refractivity contribution in [2.45, 2.75) is 70.9 Å². The molecule has 0 bridgehead atoms. The molecule has 2 unspecified atom stereocenters. The van der Waals surface area contributed by atoms with E-state index >= 15 is 0 Å². The number of nitrogens with one attached hydrogen (secondary N) is 1. The van der Waals surface area contributed by atoms with Crippen molar-refractivity contribution < 1.29 is 19.1 Å². The number of carbonyl (C=O) groups is 3. The van der Waals surface area contributed by atoms with E-state index in [1.165, 1.54) is 0 Å². The molecular weight excluding hydrogens is 478 g/mol. The number of amides is 3. The lowest BCUT2D eigenvalue weighted by Crippen LogP contribution is -2.50. The fourth-order valence-corrected chi connectivity index (χ4v) is 5.55. The van der Waals surface area contributed by atoms with E-state index in [4.69, 9.17) is 10.5 Å². The summed E-state index contributed by atoms with van der Waals surface area (Å²) in [7, 11) is 1.65. The predicted octanol–water partition coefficient (Wildman–Crippen LogP) is 4.68. The van der Waals surface area contributed by atoms with Crippen LogP contribution in [0.5, 0.6) is 5.75 Å². The molecule has 7 nitrogen and oxygen atoms in total. The first-order chi connectivity index (χ1) is 18.4. The van der Waals surface area contributed by atoms with Crippen LogP contribution in [0.25, 0.3) is 11.1 Å². The summed E-state index contributed by atoms with van der Waals surface area (Å²) in [5, 5.41) is 3.05. The number of hydrogen-bond acceptors (Lipinski definition) is 4. The molecule has 1 heterocycles. The second kappa shape index (κ2) is 12.9. The van der Waals surface area contributed by atoms with E-state index < -0.39 is 23.8 Å². The van der Waals surface area contributed by atoms with Gasteiger partial charge in [0, 0.05) is 24.9 Å². The van der Waals surface area contributed by atoms with Gasteiger partial charge >= 0.3 is 0 Å². The van der Waals surface area contributed by atoms with Crippen LogP contribution in [-0.2, 0) is 20.9 Å². The highest BCUT2D eigenvalue weighted by molar-refractivity contribution is 5.91. The standard InChI is InChI=1S/C31H41N3O4/c1-3-7-26(29(32)35)27(19-21-11-12-21)30(36)33-28-10-4-5-17-34(31(28)37)20-22-8-6-9-24(18-22)23-13-15-25(38-2)16-14-23/h6,8-9,13-16,18,21,26-28H,3-5,7,10-12,17,19-20H2,1-2H3,(H2,32,35)(H,33,36)/t26?,27?,28-/m0/s1. The molecule has 3 amide bonds. The zero-order valence-electron chi connectivity index (χ0n) is 22.7. The van der Waals surface area contributed by atoms with Gasteiger partial charge in [-0.3, -0.25) is 14.4 Å². The number of nitrogens with zero attached hydrogens (tertiary/aromatic N) is 1. The molecule has 2 fully saturated rings. The summed E-state index contributed by atoms with van der Waals surface area (Å²) in [5.74, 6) is -0.340. The Hall–Kier alpha value is -3.35. The Morgan fingerprint density at radius 2 is 1.82 bits per heavy atom. The molecule has 0 radical (unpaired) electrons. The molecule has 1 saturated carbocycles. The summed E-state index contributed by atoms with van der Waals surface area (Å²) >= 11 is 0. The Labute approximate surface area is 226 Å². The number of rotatable bonds is 12. The predicted molar refractivity (Wildman–Crippen MR) is 148 cm³/mol. The van der Waals surface area contributed by atoms with Gasteiger partial charge in [0.1, 0.15) is 11.8 Å². The molecule has 2 aromatic carbocycles. The monoisotopic (exact) mass is 519 g/mol. The third kappa shape index (κ3) is 7.15. The second-order valence-corrected chi connectivity index (χ2v) is 10.8. The van der Waals surface area contributed by atoms with Crippen molar-refractivity contribution in [2.75, 3.05) is 13.7 Å². The van der Waals surface area contributed by atoms with Gasteiger partial charge in [-0.15, -0.1) is 0 Å². The summed E-state index contributed by atoms with van der Waals surface area (Å²) < 4.78 is 5.27. The summed E-state index contributed by atoms with van der Waals surface area (Å²) in [6, 6.07) is 15.6. The Bertz CT molecular complexity index is 1110. The molecule has 0 spiro atoms. The van der Waals surface area contributed by atoms with E-state index in [0.29, 0.717) is 38.3 Å². The van der Waals surface area contributed by atoms with Crippen molar-refractivity contribution >= 4 is 17.7 Å². The third-order valence-corrected chi connectivity index (χ3v) is 7.89. The molecule has 204 valence electrons. The molecule has 1 aliphatic carbocycles. The normalized spacial score (nSPS) is 19.4. The molecule has 0 aromatic heterocycles. The lowest BCUT2D eigenvalue weighted by atomic mass is 9.83. The quantitative estimate of drug-likeness (QED) is 0.425. The van der Waals surface area contributed by atoms with Gasteiger partial charge in [-0.25, -0.2) is 0 Å². The number of hydrogen-bond donors (Lipinski definition) is 2. The van der Waals surface area contributed by atoms with Crippen LogP contribution in [0, 0.1) is 17.8 Å². The fraction of sp³-hybridized carbons (Fsp3) is 0.516. The van der Waals surface area contributed by atoms with Crippen LogP contribution in [-0.4, -0.2) is 42.3 Å². The summed E-state index contributed by atoms with van der Waals surface area (Å²) in [5.41, 5.74) is 8.92. The molecular formula is C31H41N3O4. The smallest absolute Gasteiger partial charge is 0.245 e. The maximum Gasteiger partial charge on any atom is 0.245 e. The first-order valence-electron chi connectivity index (χ1n) is 14.0. The van der Waals surface area contributed by atoms with E-state index in [1.54, 1.807) is 7.11 Å². The highest BCUT2D eigenvalue weighted by Gasteiger charge is 2.38. The Morgan fingerprint density at radius 1 is 1.05 bits per heavy atom. The van der Waals surface area contributed by atoms with Gasteiger partial charge in [0.15, 0.2) is 0 Å². The van der Waals surface area contributed by atoms with E-state index in [1.807, 2.05) is 48.2 Å². The highest BCUT2D eigenvalue weighted by atomic mass is 16.5. The summed E-state index contributed by atoms with van der Waals surface area (Å²) in [6.07, 6.45) is 6.59. The lowest BCUT2D eigenvalue weighted by Gasteiger charge is -2.28. The zero-order chi connectivity index (χ0) is 27.1. The number of nitrogens with two attached hydrogens (primary N) is 1. The number of carbonyl (C=O) groups excluding carboxylic acids is 3. The molecule has 4 rings (SSSR count). The second-order valence-electron chi connectivity index (χ2n) is 10.8. The lowest BCUT2D eigenvalue weighted by molar-refractivity contribution is -0.139. The van der Waals surface area contributed by atoms with Gasteiger partial charge in [-0.1, -0.05) is 56.5 Å². The summed E-state index contributed by atoms with van der Waals surface area (Å²) in [4.78, 5) is 41.2.